The van der Waals surface area contributed by atoms with Crippen LogP contribution in [0.15, 0.2) is 28.4 Å². The number of allylic oxidation sites excluding steroid dienone is 1. The highest BCUT2D eigenvalue weighted by atomic mass is 16.5. The summed E-state index contributed by atoms with van der Waals surface area (Å²) in [6, 6.07) is -0.00702. The molecule has 0 amide bonds. The van der Waals surface area contributed by atoms with Gasteiger partial charge in [0.25, 0.3) is 5.56 Å². The monoisotopic (exact) mass is 335 g/mol. The molecule has 1 aromatic heterocycles. The summed E-state index contributed by atoms with van der Waals surface area (Å²) in [5.74, 6) is 0.609. The van der Waals surface area contributed by atoms with Crippen molar-refractivity contribution in [2.45, 2.75) is 58.4 Å². The second-order valence-corrected chi connectivity index (χ2v) is 7.22. The van der Waals surface area contributed by atoms with Crippen LogP contribution in [0.5, 0.6) is 0 Å². The number of ether oxygens (including phenoxy) is 1. The zero-order valence-corrected chi connectivity index (χ0v) is 15.3. The summed E-state index contributed by atoms with van der Waals surface area (Å²) in [6.45, 7) is 12.0. The fourth-order valence-electron chi connectivity index (χ4n) is 3.48. The van der Waals surface area contributed by atoms with Gasteiger partial charge in [0.2, 0.25) is 0 Å². The molecule has 6 nitrogen and oxygen atoms in total. The number of hydrogen-bond acceptors (Lipinski definition) is 4. The maximum Gasteiger partial charge on any atom is 0.330 e. The Morgan fingerprint density at radius 3 is 2.71 bits per heavy atom. The van der Waals surface area contributed by atoms with Gasteiger partial charge in [0.1, 0.15) is 0 Å². The molecule has 0 saturated carbocycles. The van der Waals surface area contributed by atoms with E-state index in [0.717, 1.165) is 12.8 Å². The molecule has 1 unspecified atom stereocenters. The smallest absolute Gasteiger partial charge is 0.330 e. The molecule has 134 valence electrons. The highest BCUT2D eigenvalue weighted by molar-refractivity contribution is 5.05. The minimum absolute atomic E-state index is 0.00702. The van der Waals surface area contributed by atoms with Gasteiger partial charge in [-0.1, -0.05) is 26.8 Å². The van der Waals surface area contributed by atoms with Crippen LogP contribution in [-0.4, -0.2) is 28.2 Å². The number of aromatic amines is 1. The predicted molar refractivity (Wildman–Crippen MR) is 95.2 cm³/mol. The van der Waals surface area contributed by atoms with Gasteiger partial charge in [-0.2, -0.15) is 0 Å². The molecule has 24 heavy (non-hydrogen) atoms. The van der Waals surface area contributed by atoms with Crippen LogP contribution in [0.3, 0.4) is 0 Å². The number of likely N-dealkylation sites (N-methyl/N-ethyl adjacent to an activating group) is 1. The Morgan fingerprint density at radius 1 is 1.50 bits per heavy atom. The molecule has 0 aromatic carbocycles. The minimum Gasteiger partial charge on any atom is -0.349 e. The first-order valence-electron chi connectivity index (χ1n) is 8.53. The van der Waals surface area contributed by atoms with Crippen LogP contribution in [0.4, 0.5) is 0 Å². The molecule has 0 spiro atoms. The van der Waals surface area contributed by atoms with Gasteiger partial charge in [0, 0.05) is 11.8 Å². The van der Waals surface area contributed by atoms with Gasteiger partial charge in [-0.15, -0.1) is 6.58 Å². The average Bonchev–Trinajstić information content (AvgIpc) is 2.90. The first-order chi connectivity index (χ1) is 11.2. The third-order valence-corrected chi connectivity index (χ3v) is 5.18. The predicted octanol–water partition coefficient (Wildman–Crippen LogP) is 1.96. The van der Waals surface area contributed by atoms with E-state index in [9.17, 15) is 9.59 Å². The van der Waals surface area contributed by atoms with Gasteiger partial charge in [-0.05, 0) is 38.6 Å². The van der Waals surface area contributed by atoms with E-state index in [4.69, 9.17) is 4.74 Å². The Hall–Kier alpha value is -1.66. The molecule has 1 fully saturated rings. The standard InChI is InChI=1S/C18H29N3O3/c1-7-12(4)8-18(11(2)3)9-14(19-6)16(24-18)21-10-13(5)15(22)20-17(21)23/h7,10-12,14,16,19H,1,8-9H2,2-6H3,(H,20,22,23)/t12?,14-,16-,18-/m1/s1. The second-order valence-electron chi connectivity index (χ2n) is 7.22. The van der Waals surface area contributed by atoms with Crippen molar-refractivity contribution in [2.24, 2.45) is 11.8 Å². The lowest BCUT2D eigenvalue weighted by Gasteiger charge is -2.35. The van der Waals surface area contributed by atoms with Crippen LogP contribution >= 0.6 is 0 Å². The highest BCUT2D eigenvalue weighted by Crippen LogP contribution is 2.44. The van der Waals surface area contributed by atoms with Crippen molar-refractivity contribution in [3.63, 3.8) is 0 Å². The van der Waals surface area contributed by atoms with Crippen molar-refractivity contribution in [1.82, 2.24) is 14.9 Å². The van der Waals surface area contributed by atoms with E-state index in [0.29, 0.717) is 17.4 Å². The Bertz CT molecular complexity index is 706. The molecular formula is C18H29N3O3. The Balaban J connectivity index is 2.44. The zero-order valence-electron chi connectivity index (χ0n) is 15.3. The van der Waals surface area contributed by atoms with Crippen molar-refractivity contribution in [3.05, 3.63) is 45.3 Å². The largest absolute Gasteiger partial charge is 0.349 e. The Kier molecular flexibility index (Phi) is 5.50. The van der Waals surface area contributed by atoms with Crippen LogP contribution in [0.1, 0.15) is 45.4 Å². The molecule has 2 heterocycles. The van der Waals surface area contributed by atoms with E-state index in [1.165, 1.54) is 4.57 Å². The molecule has 1 saturated heterocycles. The summed E-state index contributed by atoms with van der Waals surface area (Å²) in [5.41, 5.74) is -0.637. The molecular weight excluding hydrogens is 306 g/mol. The van der Waals surface area contributed by atoms with Crippen LogP contribution in [0.2, 0.25) is 0 Å². The molecule has 2 rings (SSSR count). The van der Waals surface area contributed by atoms with E-state index in [1.54, 1.807) is 13.1 Å². The molecule has 2 N–H and O–H groups in total. The van der Waals surface area contributed by atoms with Crippen LogP contribution in [0.25, 0.3) is 0 Å². The SMILES string of the molecule is C=CC(C)C[C@]1(C(C)C)C[C@@H](NC)[C@H](n2cc(C)c(=O)[nH]c2=O)O1. The fraction of sp³-hybridized carbons (Fsp3) is 0.667. The number of aromatic nitrogens is 2. The molecule has 0 bridgehead atoms. The molecule has 0 aliphatic carbocycles. The maximum absolute atomic E-state index is 12.3. The van der Waals surface area contributed by atoms with E-state index in [-0.39, 0.29) is 17.2 Å². The summed E-state index contributed by atoms with van der Waals surface area (Å²) >= 11 is 0. The summed E-state index contributed by atoms with van der Waals surface area (Å²) in [5, 5.41) is 3.27. The zero-order chi connectivity index (χ0) is 18.1. The van der Waals surface area contributed by atoms with E-state index in [2.05, 4.69) is 37.7 Å². The Labute approximate surface area is 142 Å². The van der Waals surface area contributed by atoms with Gasteiger partial charge in [0.05, 0.1) is 11.6 Å². The Morgan fingerprint density at radius 2 is 2.17 bits per heavy atom. The van der Waals surface area contributed by atoms with Crippen molar-refractivity contribution in [1.29, 1.82) is 0 Å². The molecule has 1 aliphatic heterocycles. The van der Waals surface area contributed by atoms with E-state index in [1.807, 2.05) is 13.1 Å². The third kappa shape index (κ3) is 3.39. The van der Waals surface area contributed by atoms with Crippen LogP contribution in [0, 0.1) is 18.8 Å². The first-order valence-corrected chi connectivity index (χ1v) is 8.53. The molecule has 1 aromatic rings. The highest BCUT2D eigenvalue weighted by Gasteiger charge is 2.49. The van der Waals surface area contributed by atoms with E-state index >= 15 is 0 Å². The first kappa shape index (κ1) is 18.7. The van der Waals surface area contributed by atoms with Gasteiger partial charge in [-0.3, -0.25) is 14.3 Å². The number of rotatable bonds is 6. The molecule has 4 atom stereocenters. The average molecular weight is 335 g/mol. The quantitative estimate of drug-likeness (QED) is 0.779. The van der Waals surface area contributed by atoms with Crippen LogP contribution < -0.4 is 16.6 Å². The number of nitrogens with zero attached hydrogens (tertiary/aromatic N) is 1. The number of aryl methyl sites for hydroxylation is 1. The summed E-state index contributed by atoms with van der Waals surface area (Å²) in [7, 11) is 1.87. The summed E-state index contributed by atoms with van der Waals surface area (Å²) < 4.78 is 7.98. The normalized spacial score (nSPS) is 28.2. The lowest BCUT2D eigenvalue weighted by atomic mass is 9.79. The van der Waals surface area contributed by atoms with Crippen LogP contribution in [-0.2, 0) is 4.74 Å². The van der Waals surface area contributed by atoms with Crippen molar-refractivity contribution < 1.29 is 4.74 Å². The topological polar surface area (TPSA) is 76.1 Å². The molecule has 1 aliphatic rings. The van der Waals surface area contributed by atoms with Gasteiger partial charge in [-0.25, -0.2) is 4.79 Å². The number of hydrogen-bond donors (Lipinski definition) is 2. The molecule has 0 radical (unpaired) electrons. The van der Waals surface area contributed by atoms with Gasteiger partial charge in [0.15, 0.2) is 6.23 Å². The lowest BCUT2D eigenvalue weighted by molar-refractivity contribution is -0.110. The number of nitrogens with one attached hydrogen (secondary N) is 2. The van der Waals surface area contributed by atoms with Crippen molar-refractivity contribution >= 4 is 0 Å². The molecule has 6 heteroatoms. The fourth-order valence-corrected chi connectivity index (χ4v) is 3.48. The second kappa shape index (κ2) is 7.07. The maximum atomic E-state index is 12.3. The lowest BCUT2D eigenvalue weighted by Crippen LogP contribution is -2.40. The minimum atomic E-state index is -0.447. The van der Waals surface area contributed by atoms with Gasteiger partial charge >= 0.3 is 5.69 Å². The summed E-state index contributed by atoms with van der Waals surface area (Å²) in [6.07, 6.45) is 4.72. The van der Waals surface area contributed by atoms with Gasteiger partial charge < -0.3 is 10.1 Å². The van der Waals surface area contributed by atoms with Crippen molar-refractivity contribution in [3.8, 4) is 0 Å². The van der Waals surface area contributed by atoms with Crippen molar-refractivity contribution in [2.75, 3.05) is 7.05 Å². The van der Waals surface area contributed by atoms with E-state index < -0.39 is 11.9 Å². The number of H-pyrrole nitrogens is 1. The summed E-state index contributed by atoms with van der Waals surface area (Å²) in [4.78, 5) is 26.3. The third-order valence-electron chi connectivity index (χ3n) is 5.18.